The molecule has 0 radical (unpaired) electrons. The molecule has 8 nitrogen and oxygen atoms in total. The summed E-state index contributed by atoms with van der Waals surface area (Å²) in [5.74, 6) is -5.55. The van der Waals surface area contributed by atoms with Crippen LogP contribution in [0.5, 0.6) is 0 Å². The molecule has 3 atom stereocenters. The number of ketones is 1. The van der Waals surface area contributed by atoms with Crippen LogP contribution in [-0.4, -0.2) is 53.0 Å². The van der Waals surface area contributed by atoms with Gasteiger partial charge in [-0.05, 0) is 54.8 Å². The fraction of sp³-hybridized carbons (Fsp3) is 0.448. The second-order valence-electron chi connectivity index (χ2n) is 10.5. The lowest BCUT2D eigenvalue weighted by atomic mass is 9.92. The summed E-state index contributed by atoms with van der Waals surface area (Å²) in [5, 5.41) is 6.08. The number of nitrogens with zero attached hydrogens (tertiary/aromatic N) is 1. The highest BCUT2D eigenvalue weighted by atomic mass is 35.5. The van der Waals surface area contributed by atoms with Crippen LogP contribution in [0.1, 0.15) is 48.8 Å². The van der Waals surface area contributed by atoms with E-state index in [0.717, 1.165) is 16.7 Å². The van der Waals surface area contributed by atoms with Crippen molar-refractivity contribution in [1.29, 1.82) is 0 Å². The predicted octanol–water partition coefficient (Wildman–Crippen LogP) is 3.77. The topological polar surface area (TPSA) is 122 Å². The summed E-state index contributed by atoms with van der Waals surface area (Å²) < 4.78 is 26.4. The summed E-state index contributed by atoms with van der Waals surface area (Å²) in [6.07, 6.45) is -0.517. The van der Waals surface area contributed by atoms with Gasteiger partial charge >= 0.3 is 0 Å². The van der Waals surface area contributed by atoms with E-state index in [1.54, 1.807) is 25.1 Å². The van der Waals surface area contributed by atoms with Gasteiger partial charge in [-0.25, -0.2) is 8.78 Å². The van der Waals surface area contributed by atoms with Gasteiger partial charge in [-0.1, -0.05) is 35.9 Å². The van der Waals surface area contributed by atoms with Gasteiger partial charge in [0.25, 0.3) is 5.92 Å². The predicted molar refractivity (Wildman–Crippen MR) is 147 cm³/mol. The molecule has 1 aliphatic carbocycles. The third kappa shape index (κ3) is 7.22. The molecule has 0 aromatic heterocycles. The number of halogens is 3. The molecule has 11 heteroatoms. The molecule has 40 heavy (non-hydrogen) atoms. The molecule has 214 valence electrons. The van der Waals surface area contributed by atoms with Crippen molar-refractivity contribution < 1.29 is 28.0 Å². The maximum Gasteiger partial charge on any atom is 0.252 e. The lowest BCUT2D eigenvalue weighted by Gasteiger charge is -2.36. The fourth-order valence-corrected chi connectivity index (χ4v) is 5.05. The first-order chi connectivity index (χ1) is 19.0. The van der Waals surface area contributed by atoms with E-state index in [1.165, 1.54) is 4.90 Å². The van der Waals surface area contributed by atoms with Crippen molar-refractivity contribution >= 4 is 40.8 Å². The number of anilines is 1. The molecule has 4 rings (SSSR count). The number of aryl methyl sites for hydroxylation is 1. The van der Waals surface area contributed by atoms with Crippen LogP contribution >= 0.6 is 11.6 Å². The number of nitrogens with two attached hydrogens (primary N) is 1. The van der Waals surface area contributed by atoms with E-state index in [0.29, 0.717) is 10.7 Å². The van der Waals surface area contributed by atoms with Crippen molar-refractivity contribution in [1.82, 2.24) is 10.2 Å². The Hall–Kier alpha value is -3.37. The van der Waals surface area contributed by atoms with E-state index in [2.05, 4.69) is 10.6 Å². The largest absolute Gasteiger partial charge is 0.342 e. The second kappa shape index (κ2) is 12.4. The number of hydrogen-bond acceptors (Lipinski definition) is 5. The Morgan fingerprint density at radius 3 is 2.48 bits per heavy atom. The van der Waals surface area contributed by atoms with Crippen LogP contribution in [0.3, 0.4) is 0 Å². The Balaban J connectivity index is 1.45. The molecule has 1 heterocycles. The average Bonchev–Trinajstić information content (AvgIpc) is 3.52. The van der Waals surface area contributed by atoms with Crippen molar-refractivity contribution in [3.05, 3.63) is 64.2 Å². The van der Waals surface area contributed by atoms with E-state index in [1.807, 2.05) is 24.3 Å². The van der Waals surface area contributed by atoms with Gasteiger partial charge in [0.05, 0.1) is 0 Å². The van der Waals surface area contributed by atoms with Crippen molar-refractivity contribution in [2.75, 3.05) is 11.9 Å². The van der Waals surface area contributed by atoms with Crippen LogP contribution in [0.15, 0.2) is 42.5 Å². The number of nitrogens with one attached hydrogen (secondary N) is 2. The number of amides is 3. The monoisotopic (exact) mass is 574 g/mol. The summed E-state index contributed by atoms with van der Waals surface area (Å²) >= 11 is 6.07. The number of carbonyl (C=O) groups excluding carboxylic acids is 4. The molecule has 2 aromatic rings. The average molecular weight is 575 g/mol. The van der Waals surface area contributed by atoms with Gasteiger partial charge in [0, 0.05) is 55.3 Å². The zero-order valence-electron chi connectivity index (χ0n) is 22.2. The summed E-state index contributed by atoms with van der Waals surface area (Å²) in [4.78, 5) is 53.4. The SMILES string of the molecule is Cc1cc(NC(=O)[C@H](CCN)NC(=O)[C@@H]2Cc3ccccc3CN2C(=O)CCC(=O)CC2CC2(F)F)ccc1Cl. The van der Waals surface area contributed by atoms with Gasteiger partial charge in [-0.2, -0.15) is 0 Å². The van der Waals surface area contributed by atoms with Crippen molar-refractivity contribution in [3.8, 4) is 0 Å². The molecule has 0 bridgehead atoms. The first-order valence-corrected chi connectivity index (χ1v) is 13.7. The number of fused-ring (bicyclic) bond motifs is 1. The van der Waals surface area contributed by atoms with Crippen LogP contribution < -0.4 is 16.4 Å². The zero-order valence-corrected chi connectivity index (χ0v) is 23.0. The van der Waals surface area contributed by atoms with Crippen LogP contribution in [0.2, 0.25) is 5.02 Å². The quantitative estimate of drug-likeness (QED) is 0.377. The van der Waals surface area contributed by atoms with Gasteiger partial charge in [0.2, 0.25) is 17.7 Å². The van der Waals surface area contributed by atoms with E-state index in [4.69, 9.17) is 17.3 Å². The number of Topliss-reactive ketones (excluding diaryl/α,β-unsaturated/α-hetero) is 1. The van der Waals surface area contributed by atoms with Gasteiger partial charge < -0.3 is 21.3 Å². The van der Waals surface area contributed by atoms with Gasteiger partial charge in [0.15, 0.2) is 0 Å². The van der Waals surface area contributed by atoms with E-state index in [-0.39, 0.29) is 51.6 Å². The van der Waals surface area contributed by atoms with Crippen LogP contribution in [0.4, 0.5) is 14.5 Å². The Bertz CT molecular complexity index is 1300. The molecule has 1 aliphatic heterocycles. The number of carbonyl (C=O) groups is 4. The molecule has 2 aliphatic rings. The Kier molecular flexibility index (Phi) is 9.20. The maximum absolute atomic E-state index is 13.5. The van der Waals surface area contributed by atoms with Crippen LogP contribution in [-0.2, 0) is 32.1 Å². The second-order valence-corrected chi connectivity index (χ2v) is 10.9. The highest BCUT2D eigenvalue weighted by Gasteiger charge is 2.57. The molecule has 1 unspecified atom stereocenters. The van der Waals surface area contributed by atoms with Crippen molar-refractivity contribution in [2.24, 2.45) is 11.7 Å². The molecule has 3 amide bonds. The molecule has 0 saturated heterocycles. The maximum atomic E-state index is 13.5. The number of rotatable bonds is 11. The minimum absolute atomic E-state index is 0.135. The normalized spacial score (nSPS) is 19.8. The van der Waals surface area contributed by atoms with Gasteiger partial charge in [-0.3, -0.25) is 19.2 Å². The van der Waals surface area contributed by atoms with Crippen LogP contribution in [0, 0.1) is 12.8 Å². The van der Waals surface area contributed by atoms with Gasteiger partial charge in [-0.15, -0.1) is 0 Å². The number of benzene rings is 2. The highest BCUT2D eigenvalue weighted by molar-refractivity contribution is 6.31. The third-order valence-corrected chi connectivity index (χ3v) is 7.86. The van der Waals surface area contributed by atoms with E-state index < -0.39 is 47.4 Å². The summed E-state index contributed by atoms with van der Waals surface area (Å²) in [6, 6.07) is 10.6. The minimum Gasteiger partial charge on any atom is -0.342 e. The summed E-state index contributed by atoms with van der Waals surface area (Å²) in [7, 11) is 0. The zero-order chi connectivity index (χ0) is 29.0. The summed E-state index contributed by atoms with van der Waals surface area (Å²) in [6.45, 7) is 2.09. The van der Waals surface area contributed by atoms with Crippen LogP contribution in [0.25, 0.3) is 0 Å². The Morgan fingerprint density at radius 1 is 1.12 bits per heavy atom. The third-order valence-electron chi connectivity index (χ3n) is 7.43. The molecular formula is C29H33ClF2N4O4. The minimum atomic E-state index is -2.79. The molecule has 1 saturated carbocycles. The first kappa shape index (κ1) is 29.6. The first-order valence-electron chi connectivity index (χ1n) is 13.3. The van der Waals surface area contributed by atoms with Gasteiger partial charge in [0.1, 0.15) is 17.9 Å². The molecule has 4 N–H and O–H groups in total. The Labute approximate surface area is 236 Å². The molecule has 2 aromatic carbocycles. The lowest BCUT2D eigenvalue weighted by Crippen LogP contribution is -2.56. The van der Waals surface area contributed by atoms with Crippen molar-refractivity contribution in [2.45, 2.75) is 70.0 Å². The van der Waals surface area contributed by atoms with E-state index in [9.17, 15) is 28.0 Å². The number of hydrogen-bond donors (Lipinski definition) is 3. The summed E-state index contributed by atoms with van der Waals surface area (Å²) in [5.41, 5.74) is 8.79. The molecule has 0 spiro atoms. The van der Waals surface area contributed by atoms with E-state index >= 15 is 0 Å². The Morgan fingerprint density at radius 2 is 1.82 bits per heavy atom. The fourth-order valence-electron chi connectivity index (χ4n) is 4.93. The smallest absolute Gasteiger partial charge is 0.252 e. The van der Waals surface area contributed by atoms with Crippen molar-refractivity contribution in [3.63, 3.8) is 0 Å². The molecular weight excluding hydrogens is 542 g/mol. The standard InChI is InChI=1S/C29H33ClF2N4O4/c1-17-12-21(6-8-23(17)30)34-27(39)24(10-11-33)35-28(40)25-13-18-4-2-3-5-19(18)16-36(25)26(38)9-7-22(37)14-20-15-29(20,31)32/h2-6,8,12,20,24-25H,7,9-11,13-16,33H2,1H3,(H,34,39)(H,35,40)/t20?,24-,25-/m0/s1. The molecule has 1 fully saturated rings. The number of alkyl halides is 2. The lowest BCUT2D eigenvalue weighted by molar-refractivity contribution is -0.143. The highest BCUT2D eigenvalue weighted by Crippen LogP contribution is 2.50.